The quantitative estimate of drug-likeness (QED) is 0.0261. The number of allylic oxidation sites excluding steroid dienone is 14. The predicted octanol–water partition coefficient (Wildman–Crippen LogP) is 21.9. The molecule has 0 saturated heterocycles. The largest absolute Gasteiger partial charge is 0.462 e. The van der Waals surface area contributed by atoms with Crippen LogP contribution in [0, 0.1) is 0 Å². The van der Waals surface area contributed by atoms with Gasteiger partial charge in [-0.2, -0.15) is 0 Å². The van der Waals surface area contributed by atoms with E-state index in [1.54, 1.807) is 0 Å². The normalized spacial score (nSPS) is 12.6. The maximum Gasteiger partial charge on any atom is 0.306 e. The van der Waals surface area contributed by atoms with Crippen LogP contribution in [0.15, 0.2) is 85.1 Å². The van der Waals surface area contributed by atoms with Crippen molar-refractivity contribution in [3.05, 3.63) is 85.1 Å². The van der Waals surface area contributed by atoms with Gasteiger partial charge in [0.05, 0.1) is 0 Å². The molecule has 6 heteroatoms. The van der Waals surface area contributed by atoms with Crippen molar-refractivity contribution in [1.29, 1.82) is 0 Å². The summed E-state index contributed by atoms with van der Waals surface area (Å²) in [7, 11) is 0. The molecule has 432 valence electrons. The number of ether oxygens (including phenoxy) is 3. The number of carbonyl (C=O) groups is 3. The molecule has 0 N–H and O–H groups in total. The minimum Gasteiger partial charge on any atom is -0.462 e. The zero-order valence-electron chi connectivity index (χ0n) is 49.6. The molecular weight excluding hydrogens is 925 g/mol. The first kappa shape index (κ1) is 71.6. The van der Waals surface area contributed by atoms with E-state index in [0.29, 0.717) is 19.3 Å². The lowest BCUT2D eigenvalue weighted by molar-refractivity contribution is -0.166. The first-order valence-electron chi connectivity index (χ1n) is 32.1. The summed E-state index contributed by atoms with van der Waals surface area (Å²) in [5.74, 6) is -0.983. The highest BCUT2D eigenvalue weighted by Crippen LogP contribution is 2.16. The topological polar surface area (TPSA) is 78.9 Å². The molecule has 0 aliphatic carbocycles. The van der Waals surface area contributed by atoms with Gasteiger partial charge < -0.3 is 14.2 Å². The van der Waals surface area contributed by atoms with E-state index < -0.39 is 6.10 Å². The summed E-state index contributed by atoms with van der Waals surface area (Å²) in [6.45, 7) is 6.46. The summed E-state index contributed by atoms with van der Waals surface area (Å²) in [6.07, 6.45) is 83.3. The van der Waals surface area contributed by atoms with E-state index in [4.69, 9.17) is 14.2 Å². The fourth-order valence-corrected chi connectivity index (χ4v) is 9.07. The Morgan fingerprint density at radius 2 is 0.547 bits per heavy atom. The van der Waals surface area contributed by atoms with Crippen LogP contribution >= 0.6 is 0 Å². The lowest BCUT2D eigenvalue weighted by Crippen LogP contribution is -2.30. The molecule has 1 atom stereocenters. The van der Waals surface area contributed by atoms with Gasteiger partial charge in [-0.05, 0) is 103 Å². The van der Waals surface area contributed by atoms with Crippen LogP contribution in [0.5, 0.6) is 0 Å². The molecule has 0 aromatic carbocycles. The highest BCUT2D eigenvalue weighted by atomic mass is 16.6. The van der Waals surface area contributed by atoms with E-state index in [1.165, 1.54) is 193 Å². The van der Waals surface area contributed by atoms with E-state index in [0.717, 1.165) is 77.0 Å². The third-order valence-corrected chi connectivity index (χ3v) is 13.9. The highest BCUT2D eigenvalue weighted by molar-refractivity contribution is 5.71. The Morgan fingerprint density at radius 3 is 0.933 bits per heavy atom. The fraction of sp³-hybridized carbons (Fsp3) is 0.754. The average Bonchev–Trinajstić information content (AvgIpc) is 3.41. The summed E-state index contributed by atoms with van der Waals surface area (Å²) in [4.78, 5) is 38.2. The van der Waals surface area contributed by atoms with Gasteiger partial charge >= 0.3 is 17.9 Å². The van der Waals surface area contributed by atoms with Gasteiger partial charge in [-0.3, -0.25) is 14.4 Å². The van der Waals surface area contributed by atoms with Crippen LogP contribution in [0.3, 0.4) is 0 Å². The van der Waals surface area contributed by atoms with Crippen molar-refractivity contribution in [2.24, 2.45) is 0 Å². The molecular formula is C69H120O6. The molecule has 0 heterocycles. The van der Waals surface area contributed by atoms with Gasteiger partial charge in [-0.25, -0.2) is 0 Å². The van der Waals surface area contributed by atoms with E-state index in [2.05, 4.69) is 99.8 Å². The number of carbonyl (C=O) groups excluding carboxylic acids is 3. The number of rotatable bonds is 58. The van der Waals surface area contributed by atoms with Crippen LogP contribution in [0.1, 0.15) is 316 Å². The van der Waals surface area contributed by atoms with Gasteiger partial charge in [0.25, 0.3) is 0 Å². The number of hydrogen-bond donors (Lipinski definition) is 0. The molecule has 0 aromatic heterocycles. The second-order valence-electron chi connectivity index (χ2n) is 21.3. The number of esters is 3. The zero-order valence-corrected chi connectivity index (χ0v) is 49.6. The van der Waals surface area contributed by atoms with Crippen molar-refractivity contribution in [2.75, 3.05) is 13.2 Å². The zero-order chi connectivity index (χ0) is 54.3. The second-order valence-corrected chi connectivity index (χ2v) is 21.3. The SMILES string of the molecule is CC/C=C\C/C=C\C/C=C\C/C=C\CCC(=O)OCC(COC(=O)CCCCCCCCCCCCCCCCC/C=C\CCCCCCCCCC)OC(=O)CCCCCCCCC/C=C\C/C=C\CCCCC. The van der Waals surface area contributed by atoms with Crippen molar-refractivity contribution in [3.8, 4) is 0 Å². The van der Waals surface area contributed by atoms with Crippen LogP contribution in [-0.4, -0.2) is 37.2 Å². The Morgan fingerprint density at radius 1 is 0.280 bits per heavy atom. The maximum atomic E-state index is 12.9. The van der Waals surface area contributed by atoms with Crippen LogP contribution in [0.4, 0.5) is 0 Å². The van der Waals surface area contributed by atoms with E-state index in [9.17, 15) is 14.4 Å². The molecule has 0 saturated carbocycles. The van der Waals surface area contributed by atoms with E-state index >= 15 is 0 Å². The molecule has 0 spiro atoms. The first-order chi connectivity index (χ1) is 37.0. The molecule has 6 nitrogen and oxygen atoms in total. The van der Waals surface area contributed by atoms with Gasteiger partial charge in [-0.1, -0.05) is 279 Å². The van der Waals surface area contributed by atoms with E-state index in [1.807, 2.05) is 6.08 Å². The van der Waals surface area contributed by atoms with E-state index in [-0.39, 0.29) is 37.5 Å². The lowest BCUT2D eigenvalue weighted by Gasteiger charge is -2.18. The fourth-order valence-electron chi connectivity index (χ4n) is 9.07. The smallest absolute Gasteiger partial charge is 0.306 e. The van der Waals surface area contributed by atoms with Gasteiger partial charge in [-0.15, -0.1) is 0 Å². The maximum absolute atomic E-state index is 12.9. The standard InChI is InChI=1S/C69H120O6/c1-4-7-10-13-16-19-22-25-27-29-30-31-32-33-34-35-36-37-38-40-41-44-47-50-53-56-59-62-68(71)74-65-66(64-73-67(70)61-58-55-52-49-46-43-24-21-18-15-12-9-6-3)75-69(72)63-60-57-54-51-48-45-42-39-28-26-23-20-17-14-11-8-5-2/h9,12,17-18,20-21,26,28-30,43,46,52,55,66H,4-8,10-11,13-16,19,22-25,27,31-42,44-45,47-51,53-54,56-65H2,1-3H3/b12-9-,20-17-,21-18-,28-26-,30-29-,46-43-,55-52-. The molecule has 0 radical (unpaired) electrons. The monoisotopic (exact) mass is 1040 g/mol. The molecule has 0 aliphatic heterocycles. The van der Waals surface area contributed by atoms with Crippen LogP contribution in [0.25, 0.3) is 0 Å². The molecule has 1 unspecified atom stereocenters. The summed E-state index contributed by atoms with van der Waals surface area (Å²) in [5.41, 5.74) is 0. The summed E-state index contributed by atoms with van der Waals surface area (Å²) in [6, 6.07) is 0. The second kappa shape index (κ2) is 63.1. The number of unbranched alkanes of at least 4 members (excludes halogenated alkanes) is 33. The van der Waals surface area contributed by atoms with Crippen molar-refractivity contribution in [2.45, 2.75) is 322 Å². The molecule has 0 bridgehead atoms. The lowest BCUT2D eigenvalue weighted by atomic mass is 10.0. The van der Waals surface area contributed by atoms with Crippen molar-refractivity contribution >= 4 is 17.9 Å². The van der Waals surface area contributed by atoms with Crippen molar-refractivity contribution < 1.29 is 28.6 Å². The van der Waals surface area contributed by atoms with Crippen LogP contribution in [-0.2, 0) is 28.6 Å². The molecule has 75 heavy (non-hydrogen) atoms. The Balaban J connectivity index is 4.29. The molecule has 0 rings (SSSR count). The third kappa shape index (κ3) is 61.3. The van der Waals surface area contributed by atoms with Gasteiger partial charge in [0, 0.05) is 19.3 Å². The molecule has 0 aliphatic rings. The Hall–Kier alpha value is -3.41. The van der Waals surface area contributed by atoms with Crippen LogP contribution < -0.4 is 0 Å². The summed E-state index contributed by atoms with van der Waals surface area (Å²) in [5, 5.41) is 0. The summed E-state index contributed by atoms with van der Waals surface area (Å²) >= 11 is 0. The predicted molar refractivity (Wildman–Crippen MR) is 325 cm³/mol. The Labute approximate surface area is 465 Å². The van der Waals surface area contributed by atoms with Crippen molar-refractivity contribution in [1.82, 2.24) is 0 Å². The summed E-state index contributed by atoms with van der Waals surface area (Å²) < 4.78 is 16.8. The van der Waals surface area contributed by atoms with Crippen LogP contribution in [0.2, 0.25) is 0 Å². The Kier molecular flexibility index (Phi) is 60.3. The molecule has 0 fully saturated rings. The van der Waals surface area contributed by atoms with Gasteiger partial charge in [0.1, 0.15) is 13.2 Å². The molecule has 0 amide bonds. The van der Waals surface area contributed by atoms with Gasteiger partial charge in [0.15, 0.2) is 6.10 Å². The number of hydrogen-bond acceptors (Lipinski definition) is 6. The van der Waals surface area contributed by atoms with Gasteiger partial charge in [0.2, 0.25) is 0 Å². The Bertz CT molecular complexity index is 1430. The average molecular weight is 1050 g/mol. The first-order valence-corrected chi connectivity index (χ1v) is 32.1. The third-order valence-electron chi connectivity index (χ3n) is 13.9. The molecule has 0 aromatic rings. The minimum atomic E-state index is -0.810. The van der Waals surface area contributed by atoms with Crippen molar-refractivity contribution in [3.63, 3.8) is 0 Å². The minimum absolute atomic E-state index is 0.100. The highest BCUT2D eigenvalue weighted by Gasteiger charge is 2.19.